The molecule has 1 atom stereocenters. The van der Waals surface area contributed by atoms with Crippen molar-refractivity contribution in [3.05, 3.63) is 28.3 Å². The highest BCUT2D eigenvalue weighted by Crippen LogP contribution is 2.28. The number of thiophene rings is 1. The Kier molecular flexibility index (Phi) is 6.29. The second kappa shape index (κ2) is 8.65. The molecule has 4 nitrogen and oxygen atoms in total. The molecule has 5 heteroatoms. The third-order valence-corrected chi connectivity index (χ3v) is 5.84. The van der Waals surface area contributed by atoms with E-state index < -0.39 is 0 Å². The minimum atomic E-state index is 0.0669. The summed E-state index contributed by atoms with van der Waals surface area (Å²) < 4.78 is 5.74. The number of aromatic nitrogens is 1. The summed E-state index contributed by atoms with van der Waals surface area (Å²) in [6, 6.07) is 2.29. The molecular formula is C20H28N2O2S. The molecule has 1 saturated carbocycles. The van der Waals surface area contributed by atoms with Crippen LogP contribution in [0.5, 0.6) is 0 Å². The normalized spacial score (nSPS) is 16.7. The summed E-state index contributed by atoms with van der Waals surface area (Å²) in [5.74, 6) is 2.05. The van der Waals surface area contributed by atoms with Gasteiger partial charge in [-0.2, -0.15) is 11.3 Å². The van der Waals surface area contributed by atoms with Gasteiger partial charge in [-0.3, -0.25) is 4.79 Å². The average molecular weight is 361 g/mol. The molecule has 0 aliphatic heterocycles. The molecule has 2 aromatic rings. The maximum atomic E-state index is 12.6. The minimum absolute atomic E-state index is 0.0669. The third-order valence-electron chi connectivity index (χ3n) is 5.15. The number of hydrogen-bond acceptors (Lipinski definition) is 4. The lowest BCUT2D eigenvalue weighted by Crippen LogP contribution is -2.41. The van der Waals surface area contributed by atoms with Crippen molar-refractivity contribution in [2.24, 2.45) is 5.92 Å². The Hall–Kier alpha value is -1.62. The maximum Gasteiger partial charge on any atom is 0.227 e. The van der Waals surface area contributed by atoms with Gasteiger partial charge in [0.25, 0.3) is 0 Å². The van der Waals surface area contributed by atoms with Gasteiger partial charge in [0.2, 0.25) is 11.8 Å². The highest BCUT2D eigenvalue weighted by molar-refractivity contribution is 7.08. The minimum Gasteiger partial charge on any atom is -0.441 e. The van der Waals surface area contributed by atoms with Crippen LogP contribution in [0.3, 0.4) is 0 Å². The first kappa shape index (κ1) is 18.2. The van der Waals surface area contributed by atoms with Gasteiger partial charge in [0, 0.05) is 17.0 Å². The Morgan fingerprint density at radius 2 is 2.20 bits per heavy atom. The van der Waals surface area contributed by atoms with Crippen molar-refractivity contribution in [3.63, 3.8) is 0 Å². The molecule has 0 bridgehead atoms. The van der Waals surface area contributed by atoms with Crippen LogP contribution < -0.4 is 5.32 Å². The molecule has 1 fully saturated rings. The summed E-state index contributed by atoms with van der Waals surface area (Å²) in [6.45, 7) is 4.08. The second-order valence-electron chi connectivity index (χ2n) is 7.07. The highest BCUT2D eigenvalue weighted by atomic mass is 32.1. The van der Waals surface area contributed by atoms with Crippen molar-refractivity contribution >= 4 is 17.2 Å². The summed E-state index contributed by atoms with van der Waals surface area (Å²) in [5, 5.41) is 7.30. The van der Waals surface area contributed by atoms with E-state index in [1.54, 1.807) is 11.3 Å². The smallest absolute Gasteiger partial charge is 0.227 e. The molecule has 136 valence electrons. The molecule has 1 unspecified atom stereocenters. The first-order chi connectivity index (χ1) is 12.2. The van der Waals surface area contributed by atoms with Gasteiger partial charge in [0.05, 0.1) is 12.1 Å². The van der Waals surface area contributed by atoms with E-state index in [9.17, 15) is 4.79 Å². The van der Waals surface area contributed by atoms with Crippen LogP contribution in [0, 0.1) is 12.8 Å². The number of aryl methyl sites for hydroxylation is 1. The number of rotatable bonds is 7. The predicted molar refractivity (Wildman–Crippen MR) is 102 cm³/mol. The van der Waals surface area contributed by atoms with E-state index in [0.717, 1.165) is 29.9 Å². The van der Waals surface area contributed by atoms with Gasteiger partial charge in [-0.1, -0.05) is 32.6 Å². The fourth-order valence-electron chi connectivity index (χ4n) is 3.78. The lowest BCUT2D eigenvalue weighted by Gasteiger charge is -2.30. The van der Waals surface area contributed by atoms with Gasteiger partial charge in [-0.25, -0.2) is 4.98 Å². The Morgan fingerprint density at radius 1 is 1.40 bits per heavy atom. The maximum absolute atomic E-state index is 12.6. The Labute approximate surface area is 154 Å². The highest BCUT2D eigenvalue weighted by Gasteiger charge is 2.25. The zero-order valence-electron chi connectivity index (χ0n) is 15.2. The largest absolute Gasteiger partial charge is 0.441 e. The predicted octanol–water partition coefficient (Wildman–Crippen LogP) is 5.12. The molecule has 0 spiro atoms. The number of amides is 1. The number of nitrogens with zero attached hydrogens (tertiary/aromatic N) is 1. The summed E-state index contributed by atoms with van der Waals surface area (Å²) >= 11 is 1.61. The topological polar surface area (TPSA) is 55.1 Å². The number of nitrogens with one attached hydrogen (secondary N) is 1. The van der Waals surface area contributed by atoms with Crippen LogP contribution in [0.4, 0.5) is 0 Å². The molecule has 0 radical (unpaired) electrons. The first-order valence-electron chi connectivity index (χ1n) is 9.45. The van der Waals surface area contributed by atoms with E-state index in [2.05, 4.69) is 17.2 Å². The summed E-state index contributed by atoms with van der Waals surface area (Å²) in [6.07, 6.45) is 8.90. The van der Waals surface area contributed by atoms with Crippen LogP contribution >= 0.6 is 11.3 Å². The van der Waals surface area contributed by atoms with Gasteiger partial charge >= 0.3 is 0 Å². The van der Waals surface area contributed by atoms with Gasteiger partial charge in [-0.15, -0.1) is 0 Å². The number of oxazole rings is 1. The molecule has 1 aliphatic rings. The van der Waals surface area contributed by atoms with E-state index in [0.29, 0.717) is 24.3 Å². The Bertz CT molecular complexity index is 672. The van der Waals surface area contributed by atoms with Gasteiger partial charge in [0.1, 0.15) is 5.76 Å². The average Bonchev–Trinajstić information content (AvgIpc) is 3.26. The van der Waals surface area contributed by atoms with Crippen LogP contribution in [0.15, 0.2) is 21.2 Å². The summed E-state index contributed by atoms with van der Waals surface area (Å²) in [5.41, 5.74) is 1.73. The number of hydrogen-bond donors (Lipinski definition) is 1. The summed E-state index contributed by atoms with van der Waals surface area (Å²) in [7, 11) is 0. The molecule has 25 heavy (non-hydrogen) atoms. The standard InChI is InChI=1S/C20H28N2O2S/c1-3-7-17(15-8-5-4-6-9-15)21-19(23)12-18-14(2)24-20(22-18)16-10-11-25-13-16/h10-11,13,15,17H,3-9,12H2,1-2H3,(H,21,23). The molecule has 3 rings (SSSR count). The van der Waals surface area contributed by atoms with Crippen molar-refractivity contribution in [1.29, 1.82) is 0 Å². The Morgan fingerprint density at radius 3 is 2.88 bits per heavy atom. The van der Waals surface area contributed by atoms with Gasteiger partial charge in [0.15, 0.2) is 0 Å². The van der Waals surface area contributed by atoms with Crippen LogP contribution in [0.1, 0.15) is 63.3 Å². The lowest BCUT2D eigenvalue weighted by molar-refractivity contribution is -0.121. The van der Waals surface area contributed by atoms with Crippen molar-refractivity contribution in [2.75, 3.05) is 0 Å². The molecule has 1 N–H and O–H groups in total. The monoisotopic (exact) mass is 360 g/mol. The molecular weight excluding hydrogens is 332 g/mol. The first-order valence-corrected chi connectivity index (χ1v) is 10.4. The SMILES string of the molecule is CCCC(NC(=O)Cc1nc(-c2ccsc2)oc1C)C1CCCCC1. The second-order valence-corrected chi connectivity index (χ2v) is 7.85. The lowest BCUT2D eigenvalue weighted by atomic mass is 9.82. The van der Waals surface area contributed by atoms with Crippen LogP contribution in [0.25, 0.3) is 11.5 Å². The van der Waals surface area contributed by atoms with Crippen LogP contribution in [-0.2, 0) is 11.2 Å². The van der Waals surface area contributed by atoms with E-state index in [1.165, 1.54) is 32.1 Å². The van der Waals surface area contributed by atoms with E-state index >= 15 is 0 Å². The fraction of sp³-hybridized carbons (Fsp3) is 0.600. The zero-order chi connectivity index (χ0) is 17.6. The molecule has 0 aromatic carbocycles. The van der Waals surface area contributed by atoms with E-state index in [4.69, 9.17) is 4.42 Å². The summed E-state index contributed by atoms with van der Waals surface area (Å²) in [4.78, 5) is 17.1. The van der Waals surface area contributed by atoms with Crippen molar-refractivity contribution in [2.45, 2.75) is 71.3 Å². The molecule has 1 amide bonds. The van der Waals surface area contributed by atoms with Crippen LogP contribution in [0.2, 0.25) is 0 Å². The molecule has 2 aromatic heterocycles. The number of carbonyl (C=O) groups excluding carboxylic acids is 1. The molecule has 1 aliphatic carbocycles. The zero-order valence-corrected chi connectivity index (χ0v) is 16.0. The quantitative estimate of drug-likeness (QED) is 0.745. The van der Waals surface area contributed by atoms with E-state index in [1.807, 2.05) is 23.8 Å². The van der Waals surface area contributed by atoms with E-state index in [-0.39, 0.29) is 5.91 Å². The van der Waals surface area contributed by atoms with Gasteiger partial charge in [-0.05, 0) is 43.6 Å². The molecule has 0 saturated heterocycles. The molecule has 2 heterocycles. The van der Waals surface area contributed by atoms with Gasteiger partial charge < -0.3 is 9.73 Å². The van der Waals surface area contributed by atoms with Crippen molar-refractivity contribution in [3.8, 4) is 11.5 Å². The van der Waals surface area contributed by atoms with Crippen molar-refractivity contribution in [1.82, 2.24) is 10.3 Å². The Balaban J connectivity index is 1.62. The number of carbonyl (C=O) groups is 1. The third kappa shape index (κ3) is 4.72. The van der Waals surface area contributed by atoms with Crippen molar-refractivity contribution < 1.29 is 9.21 Å². The fourth-order valence-corrected chi connectivity index (χ4v) is 4.41. The van der Waals surface area contributed by atoms with Crippen LogP contribution in [-0.4, -0.2) is 16.9 Å².